The van der Waals surface area contributed by atoms with E-state index >= 15 is 0 Å². The molecule has 4 rings (SSSR count). The molecule has 126 valence electrons. The lowest BCUT2D eigenvalue weighted by molar-refractivity contribution is -0.141. The second-order valence-electron chi connectivity index (χ2n) is 4.91. The summed E-state index contributed by atoms with van der Waals surface area (Å²) in [6, 6.07) is 3.31. The summed E-state index contributed by atoms with van der Waals surface area (Å²) in [5.41, 5.74) is 0.251. The van der Waals surface area contributed by atoms with Gasteiger partial charge in [0.05, 0.1) is 11.4 Å². The molecule has 0 aliphatic rings. The molecule has 25 heavy (non-hydrogen) atoms. The van der Waals surface area contributed by atoms with Gasteiger partial charge in [-0.1, -0.05) is 11.8 Å². The third-order valence-corrected chi connectivity index (χ3v) is 5.85. The van der Waals surface area contributed by atoms with Crippen molar-refractivity contribution in [3.63, 3.8) is 0 Å². The molecule has 0 bridgehead atoms. The van der Waals surface area contributed by atoms with E-state index in [1.165, 1.54) is 51.2 Å². The SMILES string of the molecule is O=C(CSc1ncnc2sccc12)OCc1cc(=O)n2ccsc2n1. The Labute approximate surface area is 153 Å². The molecule has 0 saturated carbocycles. The Hall–Kier alpha value is -2.30. The van der Waals surface area contributed by atoms with Crippen LogP contribution in [-0.4, -0.2) is 31.1 Å². The molecule has 0 radical (unpaired) electrons. The van der Waals surface area contributed by atoms with Gasteiger partial charge in [0.15, 0.2) is 4.96 Å². The highest BCUT2D eigenvalue weighted by atomic mass is 32.2. The number of hydrogen-bond donors (Lipinski definition) is 0. The molecule has 0 aromatic carbocycles. The van der Waals surface area contributed by atoms with Gasteiger partial charge in [0, 0.05) is 23.0 Å². The number of esters is 1. The molecule has 0 unspecified atom stereocenters. The summed E-state index contributed by atoms with van der Waals surface area (Å²) in [6.45, 7) is -0.0271. The zero-order valence-corrected chi connectivity index (χ0v) is 15.1. The summed E-state index contributed by atoms with van der Waals surface area (Å²) in [5, 5.41) is 5.40. The highest BCUT2D eigenvalue weighted by molar-refractivity contribution is 8.00. The molecule has 0 aliphatic heterocycles. The Morgan fingerprint density at radius 3 is 3.12 bits per heavy atom. The summed E-state index contributed by atoms with van der Waals surface area (Å²) in [4.78, 5) is 38.0. The van der Waals surface area contributed by atoms with E-state index in [4.69, 9.17) is 4.74 Å². The number of thioether (sulfide) groups is 1. The maximum absolute atomic E-state index is 12.0. The van der Waals surface area contributed by atoms with E-state index in [9.17, 15) is 9.59 Å². The molecule has 0 aliphatic carbocycles. The van der Waals surface area contributed by atoms with Crippen molar-refractivity contribution in [3.8, 4) is 0 Å². The van der Waals surface area contributed by atoms with Gasteiger partial charge >= 0.3 is 5.97 Å². The van der Waals surface area contributed by atoms with E-state index in [1.807, 2.05) is 11.4 Å². The van der Waals surface area contributed by atoms with Gasteiger partial charge in [-0.25, -0.2) is 15.0 Å². The minimum Gasteiger partial charge on any atom is -0.459 e. The van der Waals surface area contributed by atoms with Gasteiger partial charge in [-0.15, -0.1) is 22.7 Å². The second kappa shape index (κ2) is 6.90. The van der Waals surface area contributed by atoms with E-state index in [1.54, 1.807) is 11.6 Å². The molecular weight excluding hydrogens is 380 g/mol. The average Bonchev–Trinajstić information content (AvgIpc) is 3.27. The second-order valence-corrected chi connectivity index (χ2v) is 7.64. The van der Waals surface area contributed by atoms with E-state index in [2.05, 4.69) is 15.0 Å². The number of nitrogens with zero attached hydrogens (tertiary/aromatic N) is 4. The van der Waals surface area contributed by atoms with E-state index in [0.29, 0.717) is 10.7 Å². The van der Waals surface area contributed by atoms with Crippen LogP contribution in [0.4, 0.5) is 0 Å². The minimum absolute atomic E-state index is 0.0271. The minimum atomic E-state index is -0.389. The van der Waals surface area contributed by atoms with E-state index in [0.717, 1.165) is 15.2 Å². The Morgan fingerprint density at radius 1 is 1.28 bits per heavy atom. The van der Waals surface area contributed by atoms with Crippen LogP contribution in [0.5, 0.6) is 0 Å². The summed E-state index contributed by atoms with van der Waals surface area (Å²) in [6.07, 6.45) is 3.15. The Morgan fingerprint density at radius 2 is 2.20 bits per heavy atom. The third-order valence-electron chi connectivity index (χ3n) is 3.29. The Bertz CT molecular complexity index is 1120. The molecule has 4 aromatic rings. The van der Waals surface area contributed by atoms with Gasteiger partial charge in [-0.2, -0.15) is 0 Å². The molecule has 0 atom stereocenters. The summed E-state index contributed by atoms with van der Waals surface area (Å²) in [7, 11) is 0. The number of rotatable bonds is 5. The first-order chi connectivity index (χ1) is 12.2. The predicted molar refractivity (Wildman–Crippen MR) is 97.3 cm³/mol. The molecule has 0 saturated heterocycles. The van der Waals surface area contributed by atoms with Crippen molar-refractivity contribution in [3.05, 3.63) is 51.5 Å². The highest BCUT2D eigenvalue weighted by Crippen LogP contribution is 2.27. The number of fused-ring (bicyclic) bond motifs is 2. The highest BCUT2D eigenvalue weighted by Gasteiger charge is 2.11. The van der Waals surface area contributed by atoms with Gasteiger partial charge in [0.1, 0.15) is 22.8 Å². The summed E-state index contributed by atoms with van der Waals surface area (Å²) >= 11 is 4.18. The first kappa shape index (κ1) is 16.2. The maximum atomic E-state index is 12.0. The van der Waals surface area contributed by atoms with Crippen LogP contribution in [0.1, 0.15) is 5.69 Å². The maximum Gasteiger partial charge on any atom is 0.316 e. The van der Waals surface area contributed by atoms with Crippen LogP contribution in [0, 0.1) is 0 Å². The molecule has 7 nitrogen and oxygen atoms in total. The van der Waals surface area contributed by atoms with Crippen molar-refractivity contribution >= 4 is 55.6 Å². The number of carbonyl (C=O) groups is 1. The van der Waals surface area contributed by atoms with E-state index < -0.39 is 0 Å². The Balaban J connectivity index is 1.39. The molecule has 4 aromatic heterocycles. The number of aromatic nitrogens is 4. The quantitative estimate of drug-likeness (QED) is 0.294. The molecule has 0 fully saturated rings. The molecular formula is C15H10N4O3S3. The fourth-order valence-electron chi connectivity index (χ4n) is 2.17. The lowest BCUT2D eigenvalue weighted by Gasteiger charge is -2.05. The van der Waals surface area contributed by atoms with Crippen LogP contribution in [-0.2, 0) is 16.1 Å². The lowest BCUT2D eigenvalue weighted by Crippen LogP contribution is -2.15. The average molecular weight is 390 g/mol. The normalized spacial score (nSPS) is 11.2. The summed E-state index contributed by atoms with van der Waals surface area (Å²) < 4.78 is 6.67. The van der Waals surface area contributed by atoms with Gasteiger partial charge in [0.2, 0.25) is 0 Å². The van der Waals surface area contributed by atoms with Crippen molar-refractivity contribution in [2.75, 3.05) is 5.75 Å². The number of thiazole rings is 1. The molecule has 10 heteroatoms. The standard InChI is InChI=1S/C15H10N4O3S3/c20-11-5-9(18-15-19(11)2-4-24-15)6-22-12(21)7-25-14-10-1-3-23-13(10)16-8-17-14/h1-5,8H,6-7H2. The van der Waals surface area contributed by atoms with Crippen LogP contribution < -0.4 is 5.56 Å². The Kier molecular flexibility index (Phi) is 4.47. The third kappa shape index (κ3) is 3.41. The number of ether oxygens (including phenoxy) is 1. The van der Waals surface area contributed by atoms with Crippen molar-refractivity contribution in [2.45, 2.75) is 11.6 Å². The van der Waals surface area contributed by atoms with Crippen molar-refractivity contribution in [2.24, 2.45) is 0 Å². The molecule has 0 amide bonds. The molecule has 0 spiro atoms. The first-order valence-electron chi connectivity index (χ1n) is 7.13. The van der Waals surface area contributed by atoms with Gasteiger partial charge in [-0.05, 0) is 11.4 Å². The molecule has 4 heterocycles. The topological polar surface area (TPSA) is 86.5 Å². The largest absolute Gasteiger partial charge is 0.459 e. The van der Waals surface area contributed by atoms with Crippen LogP contribution in [0.2, 0.25) is 0 Å². The van der Waals surface area contributed by atoms with Gasteiger partial charge < -0.3 is 4.74 Å². The first-order valence-corrected chi connectivity index (χ1v) is 9.87. The van der Waals surface area contributed by atoms with Crippen LogP contribution in [0.15, 0.2) is 45.2 Å². The lowest BCUT2D eigenvalue weighted by atomic mass is 10.4. The number of thiophene rings is 1. The van der Waals surface area contributed by atoms with Crippen molar-refractivity contribution < 1.29 is 9.53 Å². The summed E-state index contributed by atoms with van der Waals surface area (Å²) in [5.74, 6) is -0.262. The fraction of sp³-hybridized carbons (Fsp3) is 0.133. The predicted octanol–water partition coefficient (Wildman–Crippen LogP) is 2.60. The zero-order chi connectivity index (χ0) is 17.2. The van der Waals surface area contributed by atoms with Crippen molar-refractivity contribution in [1.29, 1.82) is 0 Å². The fourth-order valence-corrected chi connectivity index (χ4v) is 4.48. The van der Waals surface area contributed by atoms with Crippen LogP contribution >= 0.6 is 34.4 Å². The van der Waals surface area contributed by atoms with Crippen LogP contribution in [0.25, 0.3) is 15.2 Å². The van der Waals surface area contributed by atoms with Gasteiger partial charge in [-0.3, -0.25) is 14.0 Å². The monoisotopic (exact) mass is 390 g/mol. The molecule has 0 N–H and O–H groups in total. The van der Waals surface area contributed by atoms with Crippen LogP contribution in [0.3, 0.4) is 0 Å². The van der Waals surface area contributed by atoms with Gasteiger partial charge in [0.25, 0.3) is 5.56 Å². The number of carbonyl (C=O) groups excluding carboxylic acids is 1. The van der Waals surface area contributed by atoms with Crippen molar-refractivity contribution in [1.82, 2.24) is 19.4 Å². The smallest absolute Gasteiger partial charge is 0.316 e. The zero-order valence-electron chi connectivity index (χ0n) is 12.6. The van der Waals surface area contributed by atoms with E-state index in [-0.39, 0.29) is 23.9 Å². The number of hydrogen-bond acceptors (Lipinski definition) is 9.